The van der Waals surface area contributed by atoms with E-state index in [0.717, 1.165) is 0 Å². The summed E-state index contributed by atoms with van der Waals surface area (Å²) < 4.78 is 23.9. The van der Waals surface area contributed by atoms with Gasteiger partial charge in [-0.1, -0.05) is 0 Å². The third kappa shape index (κ3) is 2.62. The van der Waals surface area contributed by atoms with Gasteiger partial charge in [-0.15, -0.1) is 0 Å². The van der Waals surface area contributed by atoms with Crippen LogP contribution in [0.25, 0.3) is 11.3 Å². The molecule has 0 bridgehead atoms. The molecule has 0 radical (unpaired) electrons. The summed E-state index contributed by atoms with van der Waals surface area (Å²) in [5.74, 6) is -0.182. The van der Waals surface area contributed by atoms with E-state index in [0.29, 0.717) is 24.5 Å². The second-order valence-corrected chi connectivity index (χ2v) is 5.35. The molecule has 1 fully saturated rings. The van der Waals surface area contributed by atoms with E-state index < -0.39 is 0 Å². The molecule has 0 saturated carbocycles. The molecule has 0 N–H and O–H groups in total. The maximum absolute atomic E-state index is 13.0. The molecule has 3 rings (SSSR count). The zero-order valence-electron chi connectivity index (χ0n) is 12.5. The van der Waals surface area contributed by atoms with Crippen molar-refractivity contribution in [2.24, 2.45) is 0 Å². The van der Waals surface area contributed by atoms with Crippen molar-refractivity contribution in [1.29, 1.82) is 0 Å². The summed E-state index contributed by atoms with van der Waals surface area (Å²) in [6.45, 7) is 4.90. The molecule has 1 aromatic heterocycles. The number of ether oxygens (including phenoxy) is 1. The van der Waals surface area contributed by atoms with Crippen molar-refractivity contribution in [2.45, 2.75) is 26.0 Å². The largest absolute Gasteiger partial charge is 0.443 e. The Balaban J connectivity index is 1.91. The number of carbonyl (C=O) groups is 1. The van der Waals surface area contributed by atoms with Gasteiger partial charge < -0.3 is 14.1 Å². The highest BCUT2D eigenvalue weighted by atomic mass is 19.1. The number of nitrogens with zero attached hydrogens (tertiary/aromatic N) is 2. The van der Waals surface area contributed by atoms with E-state index >= 15 is 0 Å². The van der Waals surface area contributed by atoms with Crippen LogP contribution in [-0.2, 0) is 4.74 Å². The summed E-state index contributed by atoms with van der Waals surface area (Å²) in [6, 6.07) is 5.74. The number of halogens is 1. The summed E-state index contributed by atoms with van der Waals surface area (Å²) in [7, 11) is 0. The van der Waals surface area contributed by atoms with Gasteiger partial charge in [0.05, 0.1) is 18.8 Å². The van der Waals surface area contributed by atoms with Crippen LogP contribution in [0.1, 0.15) is 24.3 Å². The Labute approximate surface area is 127 Å². The Bertz CT molecular complexity index is 668. The standard InChI is InChI=1S/C16H17FN2O3/c1-10-11(2)21-8-7-19(10)16(20)14-15(22-9-18-14)12-3-5-13(17)6-4-12/h3-6,9-11H,7-8H2,1-2H3/t10-,11+/m1/s1. The highest BCUT2D eigenvalue weighted by Crippen LogP contribution is 2.26. The maximum Gasteiger partial charge on any atom is 0.276 e. The fraction of sp³-hybridized carbons (Fsp3) is 0.375. The number of carbonyl (C=O) groups excluding carboxylic acids is 1. The van der Waals surface area contributed by atoms with Gasteiger partial charge in [-0.25, -0.2) is 9.37 Å². The lowest BCUT2D eigenvalue weighted by molar-refractivity contribution is -0.0442. The van der Waals surface area contributed by atoms with Crippen molar-refractivity contribution in [3.8, 4) is 11.3 Å². The Hall–Kier alpha value is -2.21. The van der Waals surface area contributed by atoms with Gasteiger partial charge in [-0.2, -0.15) is 0 Å². The van der Waals surface area contributed by atoms with E-state index in [4.69, 9.17) is 9.15 Å². The van der Waals surface area contributed by atoms with Gasteiger partial charge in [0.1, 0.15) is 5.82 Å². The van der Waals surface area contributed by atoms with Gasteiger partial charge in [-0.05, 0) is 38.1 Å². The van der Waals surface area contributed by atoms with Crippen LogP contribution in [0, 0.1) is 5.82 Å². The molecule has 6 heteroatoms. The topological polar surface area (TPSA) is 55.6 Å². The van der Waals surface area contributed by atoms with Crippen LogP contribution in [0.3, 0.4) is 0 Å². The lowest BCUT2D eigenvalue weighted by Gasteiger charge is -2.37. The SMILES string of the molecule is C[C@@H]1OCCN(C(=O)c2ncoc2-c2ccc(F)cc2)[C@@H]1C. The van der Waals surface area contributed by atoms with Crippen LogP contribution in [0.2, 0.25) is 0 Å². The van der Waals surface area contributed by atoms with Gasteiger partial charge in [0.2, 0.25) is 0 Å². The van der Waals surface area contributed by atoms with E-state index in [-0.39, 0.29) is 29.6 Å². The number of benzene rings is 1. The number of morpholine rings is 1. The summed E-state index contributed by atoms with van der Waals surface area (Å²) >= 11 is 0. The maximum atomic E-state index is 13.0. The zero-order valence-corrected chi connectivity index (χ0v) is 12.5. The van der Waals surface area contributed by atoms with Crippen LogP contribution in [0.15, 0.2) is 35.1 Å². The molecule has 2 aromatic rings. The molecule has 1 aromatic carbocycles. The first-order valence-electron chi connectivity index (χ1n) is 7.20. The van der Waals surface area contributed by atoms with Gasteiger partial charge in [0.25, 0.3) is 5.91 Å². The molecule has 116 valence electrons. The van der Waals surface area contributed by atoms with Gasteiger partial charge in [-0.3, -0.25) is 4.79 Å². The van der Waals surface area contributed by atoms with Crippen LogP contribution < -0.4 is 0 Å². The Morgan fingerprint density at radius 2 is 2.05 bits per heavy atom. The quantitative estimate of drug-likeness (QED) is 0.856. The molecule has 2 heterocycles. The molecule has 0 unspecified atom stereocenters. The van der Waals surface area contributed by atoms with E-state index in [1.54, 1.807) is 17.0 Å². The molecule has 22 heavy (non-hydrogen) atoms. The normalized spacial score (nSPS) is 21.9. The van der Waals surface area contributed by atoms with Crippen LogP contribution >= 0.6 is 0 Å². The first-order valence-corrected chi connectivity index (χ1v) is 7.20. The Morgan fingerprint density at radius 3 is 2.77 bits per heavy atom. The highest BCUT2D eigenvalue weighted by molar-refractivity contribution is 5.97. The average molecular weight is 304 g/mol. The fourth-order valence-electron chi connectivity index (χ4n) is 2.56. The van der Waals surface area contributed by atoms with E-state index in [9.17, 15) is 9.18 Å². The molecule has 5 nitrogen and oxygen atoms in total. The minimum absolute atomic E-state index is 0.0288. The summed E-state index contributed by atoms with van der Waals surface area (Å²) in [6.07, 6.45) is 1.21. The van der Waals surface area contributed by atoms with E-state index in [1.807, 2.05) is 13.8 Å². The lowest BCUT2D eigenvalue weighted by atomic mass is 10.1. The van der Waals surface area contributed by atoms with Crippen molar-refractivity contribution in [3.05, 3.63) is 42.2 Å². The summed E-state index contributed by atoms with van der Waals surface area (Å²) in [5, 5.41) is 0. The predicted octanol–water partition coefficient (Wildman–Crippen LogP) is 2.73. The Kier molecular flexibility index (Phi) is 3.94. The number of oxazole rings is 1. The summed E-state index contributed by atoms with van der Waals surface area (Å²) in [5.41, 5.74) is 0.865. The zero-order chi connectivity index (χ0) is 15.7. The van der Waals surface area contributed by atoms with E-state index in [1.165, 1.54) is 18.5 Å². The molecule has 2 atom stereocenters. The first-order chi connectivity index (χ1) is 10.6. The van der Waals surface area contributed by atoms with E-state index in [2.05, 4.69) is 4.98 Å². The number of hydrogen-bond acceptors (Lipinski definition) is 4. The van der Waals surface area contributed by atoms with Crippen molar-refractivity contribution in [2.75, 3.05) is 13.2 Å². The van der Waals surface area contributed by atoms with Crippen molar-refractivity contribution in [1.82, 2.24) is 9.88 Å². The van der Waals surface area contributed by atoms with Crippen molar-refractivity contribution in [3.63, 3.8) is 0 Å². The summed E-state index contributed by atoms with van der Waals surface area (Å²) in [4.78, 5) is 18.5. The second-order valence-electron chi connectivity index (χ2n) is 5.35. The van der Waals surface area contributed by atoms with Crippen molar-refractivity contribution < 1.29 is 18.3 Å². The van der Waals surface area contributed by atoms with Crippen LogP contribution in [-0.4, -0.2) is 41.1 Å². The molecule has 1 aliphatic rings. The smallest absolute Gasteiger partial charge is 0.276 e. The van der Waals surface area contributed by atoms with Crippen molar-refractivity contribution >= 4 is 5.91 Å². The Morgan fingerprint density at radius 1 is 1.32 bits per heavy atom. The third-order valence-corrected chi connectivity index (χ3v) is 4.02. The van der Waals surface area contributed by atoms with Crippen LogP contribution in [0.4, 0.5) is 4.39 Å². The molecule has 0 aliphatic carbocycles. The number of amides is 1. The van der Waals surface area contributed by atoms with Gasteiger partial charge in [0.15, 0.2) is 17.8 Å². The monoisotopic (exact) mass is 304 g/mol. The van der Waals surface area contributed by atoms with Gasteiger partial charge in [0, 0.05) is 12.1 Å². The molecule has 1 aliphatic heterocycles. The third-order valence-electron chi connectivity index (χ3n) is 4.02. The van der Waals surface area contributed by atoms with Gasteiger partial charge >= 0.3 is 0 Å². The molecule has 1 saturated heterocycles. The lowest BCUT2D eigenvalue weighted by Crippen LogP contribution is -2.51. The molecule has 1 amide bonds. The molecular formula is C16H17FN2O3. The highest BCUT2D eigenvalue weighted by Gasteiger charge is 2.32. The minimum Gasteiger partial charge on any atom is -0.443 e. The minimum atomic E-state index is -0.341. The molecule has 0 spiro atoms. The average Bonchev–Trinajstić information content (AvgIpc) is 2.99. The number of aromatic nitrogens is 1. The fourth-order valence-corrected chi connectivity index (χ4v) is 2.56. The first kappa shape index (κ1) is 14.7. The molecular weight excluding hydrogens is 287 g/mol. The second kappa shape index (κ2) is 5.88. The van der Waals surface area contributed by atoms with Crippen LogP contribution in [0.5, 0.6) is 0 Å². The predicted molar refractivity (Wildman–Crippen MR) is 77.8 cm³/mol. The number of hydrogen-bond donors (Lipinski definition) is 0. The number of rotatable bonds is 2.